The van der Waals surface area contributed by atoms with Gasteiger partial charge in [-0.05, 0) is 27.0 Å². The van der Waals surface area contributed by atoms with Crippen LogP contribution in [0, 0.1) is 0 Å². The van der Waals surface area contributed by atoms with Gasteiger partial charge in [0.15, 0.2) is 0 Å². The van der Waals surface area contributed by atoms with Crippen molar-refractivity contribution in [3.63, 3.8) is 0 Å². The lowest BCUT2D eigenvalue weighted by Crippen LogP contribution is -2.23. The molecule has 0 fully saturated rings. The standard InChI is InChI=1S/C22H29P/c1-21(2,3)23(22(4,5)6)17-20(18-13-9-7-10-14-18)19-15-11-8-12-16-19/h7-17H,1-6H3. The van der Waals surface area contributed by atoms with Crippen molar-refractivity contribution in [3.05, 3.63) is 77.6 Å². The highest BCUT2D eigenvalue weighted by atomic mass is 31.1. The highest BCUT2D eigenvalue weighted by Gasteiger charge is 2.33. The molecule has 0 radical (unpaired) electrons. The van der Waals surface area contributed by atoms with E-state index < -0.39 is 0 Å². The number of rotatable bonds is 3. The van der Waals surface area contributed by atoms with Crippen molar-refractivity contribution in [2.45, 2.75) is 51.9 Å². The molecule has 0 saturated heterocycles. The molecule has 0 atom stereocenters. The Balaban J connectivity index is 2.61. The third kappa shape index (κ3) is 4.79. The third-order valence-corrected chi connectivity index (χ3v) is 7.28. The SMILES string of the molecule is CC(C)(C)P(C=C(c1ccccc1)c1ccccc1)C(C)(C)C. The lowest BCUT2D eigenvalue weighted by molar-refractivity contribution is 0.714. The molecule has 122 valence electrons. The van der Waals surface area contributed by atoms with Gasteiger partial charge in [0.2, 0.25) is 0 Å². The van der Waals surface area contributed by atoms with Crippen LogP contribution < -0.4 is 0 Å². The van der Waals surface area contributed by atoms with Crippen LogP contribution in [0.2, 0.25) is 0 Å². The molecular weight excluding hydrogens is 295 g/mol. The maximum atomic E-state index is 2.56. The van der Waals surface area contributed by atoms with Crippen molar-refractivity contribution in [2.75, 3.05) is 0 Å². The van der Waals surface area contributed by atoms with Gasteiger partial charge in [0.25, 0.3) is 0 Å². The fourth-order valence-electron chi connectivity index (χ4n) is 3.07. The van der Waals surface area contributed by atoms with Gasteiger partial charge in [-0.1, -0.05) is 116 Å². The van der Waals surface area contributed by atoms with E-state index >= 15 is 0 Å². The van der Waals surface area contributed by atoms with E-state index in [0.717, 1.165) is 0 Å². The third-order valence-electron chi connectivity index (χ3n) is 3.87. The molecule has 2 rings (SSSR count). The molecule has 0 saturated carbocycles. The van der Waals surface area contributed by atoms with Gasteiger partial charge in [0.05, 0.1) is 0 Å². The molecule has 2 aromatic rings. The minimum Gasteiger partial charge on any atom is -0.0715 e. The number of hydrogen-bond acceptors (Lipinski definition) is 0. The van der Waals surface area contributed by atoms with Crippen molar-refractivity contribution in [1.82, 2.24) is 0 Å². The first-order valence-electron chi connectivity index (χ1n) is 8.32. The molecule has 0 aromatic heterocycles. The van der Waals surface area contributed by atoms with Crippen molar-refractivity contribution in [3.8, 4) is 0 Å². The molecule has 0 aliphatic rings. The Labute approximate surface area is 143 Å². The van der Waals surface area contributed by atoms with Crippen LogP contribution in [0.4, 0.5) is 0 Å². The topological polar surface area (TPSA) is 0 Å². The van der Waals surface area contributed by atoms with Gasteiger partial charge >= 0.3 is 0 Å². The zero-order chi connectivity index (χ0) is 17.1. The first-order valence-corrected chi connectivity index (χ1v) is 9.73. The predicted molar refractivity (Wildman–Crippen MR) is 106 cm³/mol. The molecule has 0 aliphatic carbocycles. The van der Waals surface area contributed by atoms with Crippen LogP contribution in [-0.2, 0) is 0 Å². The number of hydrogen-bond donors (Lipinski definition) is 0. The Bertz CT molecular complexity index is 584. The van der Waals surface area contributed by atoms with E-state index in [1.807, 2.05) is 0 Å². The second-order valence-electron chi connectivity index (χ2n) is 7.99. The highest BCUT2D eigenvalue weighted by molar-refractivity contribution is 7.64. The second kappa shape index (κ2) is 7.02. The molecule has 23 heavy (non-hydrogen) atoms. The van der Waals surface area contributed by atoms with Gasteiger partial charge in [0, 0.05) is 0 Å². The zero-order valence-corrected chi connectivity index (χ0v) is 16.2. The van der Waals surface area contributed by atoms with E-state index in [2.05, 4.69) is 108 Å². The Kier molecular flexibility index (Phi) is 5.48. The van der Waals surface area contributed by atoms with Gasteiger partial charge < -0.3 is 0 Å². The summed E-state index contributed by atoms with van der Waals surface area (Å²) < 4.78 is 0. The van der Waals surface area contributed by atoms with Gasteiger partial charge in [-0.25, -0.2) is 0 Å². The molecule has 0 bridgehead atoms. The second-order valence-corrected chi connectivity index (χ2v) is 11.7. The Morgan fingerprint density at radius 3 is 1.30 bits per heavy atom. The molecule has 0 unspecified atom stereocenters. The summed E-state index contributed by atoms with van der Waals surface area (Å²) in [6, 6.07) is 21.6. The Morgan fingerprint density at radius 1 is 0.652 bits per heavy atom. The average molecular weight is 324 g/mol. The fourth-order valence-corrected chi connectivity index (χ4v) is 6.42. The largest absolute Gasteiger partial charge is 0.0715 e. The summed E-state index contributed by atoms with van der Waals surface area (Å²) in [4.78, 5) is 0. The van der Waals surface area contributed by atoms with E-state index in [0.29, 0.717) is 0 Å². The van der Waals surface area contributed by atoms with Crippen molar-refractivity contribution < 1.29 is 0 Å². The van der Waals surface area contributed by atoms with Gasteiger partial charge in [-0.15, -0.1) is 0 Å². The quantitative estimate of drug-likeness (QED) is 0.526. The van der Waals surface area contributed by atoms with Crippen molar-refractivity contribution >= 4 is 13.5 Å². The summed E-state index contributed by atoms with van der Waals surface area (Å²) in [5, 5.41) is 0.560. The van der Waals surface area contributed by atoms with E-state index in [1.54, 1.807) is 0 Å². The van der Waals surface area contributed by atoms with Gasteiger partial charge in [-0.3, -0.25) is 0 Å². The summed E-state index contributed by atoms with van der Waals surface area (Å²) in [6.07, 6.45) is 0. The summed E-state index contributed by atoms with van der Waals surface area (Å²) >= 11 is 0. The smallest absolute Gasteiger partial charge is 0.0106 e. The molecule has 2 aromatic carbocycles. The van der Waals surface area contributed by atoms with Crippen LogP contribution in [0.15, 0.2) is 66.5 Å². The molecule has 0 nitrogen and oxygen atoms in total. The average Bonchev–Trinajstić information content (AvgIpc) is 2.47. The maximum absolute atomic E-state index is 2.56. The number of benzene rings is 2. The lowest BCUT2D eigenvalue weighted by Gasteiger charge is -2.40. The maximum Gasteiger partial charge on any atom is -0.0106 e. The van der Waals surface area contributed by atoms with Crippen LogP contribution in [-0.4, -0.2) is 10.3 Å². The molecular formula is C22H29P. The Hall–Kier alpha value is -1.39. The van der Waals surface area contributed by atoms with Gasteiger partial charge in [-0.2, -0.15) is 0 Å². The predicted octanol–water partition coefficient (Wildman–Crippen LogP) is 7.15. The first-order chi connectivity index (χ1) is 10.7. The molecule has 0 heterocycles. The van der Waals surface area contributed by atoms with Crippen LogP contribution in [0.5, 0.6) is 0 Å². The van der Waals surface area contributed by atoms with Crippen molar-refractivity contribution in [2.24, 2.45) is 0 Å². The normalized spacial score (nSPS) is 12.3. The van der Waals surface area contributed by atoms with Crippen LogP contribution in [0.3, 0.4) is 0 Å². The molecule has 1 heteroatoms. The fraction of sp³-hybridized carbons (Fsp3) is 0.364. The summed E-state index contributed by atoms with van der Waals surface area (Å²) in [7, 11) is -0.291. The molecule has 0 spiro atoms. The lowest BCUT2D eigenvalue weighted by atomic mass is 10.00. The van der Waals surface area contributed by atoms with E-state index in [-0.39, 0.29) is 18.2 Å². The van der Waals surface area contributed by atoms with Crippen LogP contribution >= 0.6 is 7.92 Å². The molecule has 0 amide bonds. The Morgan fingerprint density at radius 2 is 1.00 bits per heavy atom. The summed E-state index contributed by atoms with van der Waals surface area (Å²) in [5.41, 5.74) is 3.97. The van der Waals surface area contributed by atoms with Crippen molar-refractivity contribution in [1.29, 1.82) is 0 Å². The summed E-state index contributed by atoms with van der Waals surface area (Å²) in [6.45, 7) is 14.2. The van der Waals surface area contributed by atoms with E-state index in [1.165, 1.54) is 16.7 Å². The molecule has 0 N–H and O–H groups in total. The molecule has 0 aliphatic heterocycles. The van der Waals surface area contributed by atoms with E-state index in [4.69, 9.17) is 0 Å². The highest BCUT2D eigenvalue weighted by Crippen LogP contribution is 2.61. The van der Waals surface area contributed by atoms with Gasteiger partial charge in [0.1, 0.15) is 0 Å². The van der Waals surface area contributed by atoms with Crippen LogP contribution in [0.1, 0.15) is 52.7 Å². The zero-order valence-electron chi connectivity index (χ0n) is 15.3. The first kappa shape index (κ1) is 18.0. The van der Waals surface area contributed by atoms with Crippen LogP contribution in [0.25, 0.3) is 5.57 Å². The minimum atomic E-state index is -0.291. The summed E-state index contributed by atoms with van der Waals surface area (Å²) in [5.74, 6) is 2.56. The minimum absolute atomic E-state index is 0.280. The monoisotopic (exact) mass is 324 g/mol. The van der Waals surface area contributed by atoms with E-state index in [9.17, 15) is 0 Å².